The summed E-state index contributed by atoms with van der Waals surface area (Å²) in [5.41, 5.74) is 1.66. The van der Waals surface area contributed by atoms with Gasteiger partial charge in [-0.05, 0) is 110 Å². The molecule has 0 atom stereocenters. The fourth-order valence-electron chi connectivity index (χ4n) is 6.14. The van der Waals surface area contributed by atoms with Crippen molar-refractivity contribution in [2.24, 2.45) is 17.8 Å². The van der Waals surface area contributed by atoms with Gasteiger partial charge in [0.15, 0.2) is 11.6 Å². The highest BCUT2D eigenvalue weighted by atomic mass is 19.2. The molecule has 0 bridgehead atoms. The summed E-state index contributed by atoms with van der Waals surface area (Å²) < 4.78 is 28.9. The maximum absolute atomic E-state index is 14.6. The second-order valence-electron chi connectivity index (χ2n) is 9.76. The quantitative estimate of drug-likeness (QED) is 0.418. The molecule has 2 aliphatic rings. The van der Waals surface area contributed by atoms with Crippen LogP contribution in [-0.4, -0.2) is 0 Å². The van der Waals surface area contributed by atoms with Crippen molar-refractivity contribution in [3.63, 3.8) is 0 Å². The topological polar surface area (TPSA) is 0 Å². The molecular formula is C28H36F2. The molecule has 0 amide bonds. The zero-order chi connectivity index (χ0) is 21.1. The van der Waals surface area contributed by atoms with Crippen molar-refractivity contribution < 1.29 is 8.78 Å². The Hall–Kier alpha value is -1.70. The minimum absolute atomic E-state index is 0.446. The highest BCUT2D eigenvalue weighted by molar-refractivity contribution is 5.84. The molecule has 0 radical (unpaired) electrons. The summed E-state index contributed by atoms with van der Waals surface area (Å²) in [6.07, 6.45) is 15.6. The van der Waals surface area contributed by atoms with Gasteiger partial charge in [0, 0.05) is 5.39 Å². The number of rotatable bonds is 6. The second-order valence-corrected chi connectivity index (χ2v) is 9.76. The van der Waals surface area contributed by atoms with Crippen LogP contribution in [0.4, 0.5) is 8.78 Å². The van der Waals surface area contributed by atoms with Crippen LogP contribution in [-0.2, 0) is 6.42 Å². The molecule has 2 aromatic rings. The lowest BCUT2D eigenvalue weighted by Crippen LogP contribution is -2.25. The zero-order valence-electron chi connectivity index (χ0n) is 18.4. The molecule has 2 heteroatoms. The molecule has 0 spiro atoms. The van der Waals surface area contributed by atoms with Crippen LogP contribution < -0.4 is 0 Å². The average Bonchev–Trinajstić information content (AvgIpc) is 2.80. The molecule has 0 nitrogen and oxygen atoms in total. The molecule has 2 fully saturated rings. The largest absolute Gasteiger partial charge is 0.203 e. The number of fused-ring (bicyclic) bond motifs is 1. The molecule has 30 heavy (non-hydrogen) atoms. The zero-order valence-corrected chi connectivity index (χ0v) is 18.4. The first-order valence-corrected chi connectivity index (χ1v) is 12.1. The smallest absolute Gasteiger partial charge is 0.166 e. The van der Waals surface area contributed by atoms with E-state index < -0.39 is 11.6 Å². The molecule has 0 aliphatic heterocycles. The summed E-state index contributed by atoms with van der Waals surface area (Å²) in [6.45, 7) is 5.72. The van der Waals surface area contributed by atoms with Gasteiger partial charge in [-0.25, -0.2) is 8.78 Å². The molecule has 0 N–H and O–H groups in total. The summed E-state index contributed by atoms with van der Waals surface area (Å²) in [5.74, 6) is 1.83. The van der Waals surface area contributed by atoms with E-state index in [2.05, 4.69) is 18.7 Å². The van der Waals surface area contributed by atoms with E-state index in [1.54, 1.807) is 6.07 Å². The van der Waals surface area contributed by atoms with Crippen LogP contribution in [0.3, 0.4) is 0 Å². The molecule has 2 saturated carbocycles. The predicted molar refractivity (Wildman–Crippen MR) is 123 cm³/mol. The van der Waals surface area contributed by atoms with Crippen molar-refractivity contribution in [3.8, 4) is 0 Å². The highest BCUT2D eigenvalue weighted by Gasteiger charge is 2.31. The third kappa shape index (κ3) is 4.48. The number of benzene rings is 2. The van der Waals surface area contributed by atoms with Gasteiger partial charge in [-0.15, -0.1) is 6.58 Å². The third-order valence-electron chi connectivity index (χ3n) is 8.08. The minimum Gasteiger partial charge on any atom is -0.203 e. The van der Waals surface area contributed by atoms with E-state index in [0.29, 0.717) is 23.3 Å². The summed E-state index contributed by atoms with van der Waals surface area (Å²) >= 11 is 0. The van der Waals surface area contributed by atoms with E-state index in [1.165, 1.54) is 63.4 Å². The van der Waals surface area contributed by atoms with Crippen molar-refractivity contribution >= 4 is 10.8 Å². The first-order valence-electron chi connectivity index (χ1n) is 12.1. The lowest BCUT2D eigenvalue weighted by atomic mass is 9.68. The molecule has 2 aromatic carbocycles. The summed E-state index contributed by atoms with van der Waals surface area (Å²) in [6, 6.07) is 7.86. The number of aryl methyl sites for hydroxylation is 1. The molecule has 0 aromatic heterocycles. The molecule has 0 unspecified atom stereocenters. The van der Waals surface area contributed by atoms with Gasteiger partial charge >= 0.3 is 0 Å². The average molecular weight is 411 g/mol. The Bertz CT molecular complexity index is 868. The van der Waals surface area contributed by atoms with E-state index in [9.17, 15) is 8.78 Å². The van der Waals surface area contributed by atoms with Crippen LogP contribution in [0.25, 0.3) is 10.8 Å². The van der Waals surface area contributed by atoms with Crippen LogP contribution in [0.15, 0.2) is 36.9 Å². The van der Waals surface area contributed by atoms with Gasteiger partial charge in [-0.2, -0.15) is 0 Å². The van der Waals surface area contributed by atoms with E-state index in [4.69, 9.17) is 0 Å². The van der Waals surface area contributed by atoms with E-state index in [1.807, 2.05) is 19.1 Å². The SMILES string of the molecule is C=CCCC1CCC(C2CCC(c3ccc4cc(CC)c(F)c(F)c4c3)CC2)CC1. The normalized spacial score (nSPS) is 27.3. The summed E-state index contributed by atoms with van der Waals surface area (Å²) in [4.78, 5) is 0. The predicted octanol–water partition coefficient (Wildman–Crippen LogP) is 8.73. The van der Waals surface area contributed by atoms with Crippen molar-refractivity contribution in [2.45, 2.75) is 83.5 Å². The standard InChI is InChI=1S/C28H36F2/c1-3-5-6-19-7-9-21(10-8-19)22-11-13-23(14-12-22)24-15-16-25-17-20(4-2)27(29)28(30)26(25)18-24/h3,15-19,21-23H,1,4-14H2,2H3. The maximum atomic E-state index is 14.6. The van der Waals surface area contributed by atoms with Crippen LogP contribution in [0, 0.1) is 29.4 Å². The van der Waals surface area contributed by atoms with Crippen molar-refractivity contribution in [1.82, 2.24) is 0 Å². The number of halogens is 2. The summed E-state index contributed by atoms with van der Waals surface area (Å²) in [5, 5.41) is 1.26. The molecule has 162 valence electrons. The fourth-order valence-corrected chi connectivity index (χ4v) is 6.14. The Labute approximate surface area is 180 Å². The Morgan fingerprint density at radius 3 is 2.20 bits per heavy atom. The van der Waals surface area contributed by atoms with E-state index in [-0.39, 0.29) is 0 Å². The molecular weight excluding hydrogens is 374 g/mol. The van der Waals surface area contributed by atoms with Gasteiger partial charge in [0.2, 0.25) is 0 Å². The Kier molecular flexibility index (Phi) is 6.91. The lowest BCUT2D eigenvalue weighted by molar-refractivity contribution is 0.157. The molecule has 2 aliphatic carbocycles. The van der Waals surface area contributed by atoms with Gasteiger partial charge in [0.05, 0.1) is 0 Å². The van der Waals surface area contributed by atoms with E-state index in [0.717, 1.165) is 29.6 Å². The van der Waals surface area contributed by atoms with E-state index >= 15 is 0 Å². The van der Waals surface area contributed by atoms with Crippen molar-refractivity contribution in [2.75, 3.05) is 0 Å². The van der Waals surface area contributed by atoms with Gasteiger partial charge in [-0.3, -0.25) is 0 Å². The number of hydrogen-bond acceptors (Lipinski definition) is 0. The number of hydrogen-bond donors (Lipinski definition) is 0. The molecule has 0 heterocycles. The maximum Gasteiger partial charge on any atom is 0.166 e. The first kappa shape index (κ1) is 21.5. The van der Waals surface area contributed by atoms with Crippen LogP contribution in [0.2, 0.25) is 0 Å². The monoisotopic (exact) mass is 410 g/mol. The Balaban J connectivity index is 1.38. The van der Waals surface area contributed by atoms with Crippen LogP contribution in [0.5, 0.6) is 0 Å². The summed E-state index contributed by atoms with van der Waals surface area (Å²) in [7, 11) is 0. The second kappa shape index (κ2) is 9.62. The lowest BCUT2D eigenvalue weighted by Gasteiger charge is -2.38. The number of allylic oxidation sites excluding steroid dienone is 1. The molecule has 4 rings (SSSR count). The van der Waals surface area contributed by atoms with Crippen molar-refractivity contribution in [3.05, 3.63) is 59.7 Å². The van der Waals surface area contributed by atoms with Gasteiger partial charge < -0.3 is 0 Å². The van der Waals surface area contributed by atoms with Crippen molar-refractivity contribution in [1.29, 1.82) is 0 Å². The van der Waals surface area contributed by atoms with Gasteiger partial charge in [0.25, 0.3) is 0 Å². The fraction of sp³-hybridized carbons (Fsp3) is 0.571. The Morgan fingerprint density at radius 2 is 1.57 bits per heavy atom. The highest BCUT2D eigenvalue weighted by Crippen LogP contribution is 2.45. The molecule has 0 saturated heterocycles. The van der Waals surface area contributed by atoms with Gasteiger partial charge in [-0.1, -0.05) is 38.0 Å². The van der Waals surface area contributed by atoms with Crippen LogP contribution >= 0.6 is 0 Å². The minimum atomic E-state index is -0.673. The van der Waals surface area contributed by atoms with Crippen LogP contribution in [0.1, 0.15) is 88.2 Å². The first-order chi connectivity index (χ1) is 14.6. The third-order valence-corrected chi connectivity index (χ3v) is 8.08. The Morgan fingerprint density at radius 1 is 0.900 bits per heavy atom. The van der Waals surface area contributed by atoms with Gasteiger partial charge in [0.1, 0.15) is 0 Å².